The number of amides is 1. The average Bonchev–Trinajstić information content (AvgIpc) is 2.70. The summed E-state index contributed by atoms with van der Waals surface area (Å²) in [5, 5.41) is 15.0. The Hall–Kier alpha value is -3.72. The number of carbonyl (C=O) groups is 1. The molecule has 0 unspecified atom stereocenters. The van der Waals surface area contributed by atoms with Crippen molar-refractivity contribution in [3.05, 3.63) is 77.2 Å². The molecule has 134 valence electrons. The SMILES string of the molecule is CCc1cccc(C)c1Nc1cc(C(=O)Nc2cccc(C#N)c2)ncn1. The number of anilines is 3. The van der Waals surface area contributed by atoms with Crippen LogP contribution in [0.3, 0.4) is 0 Å². The van der Waals surface area contributed by atoms with Gasteiger partial charge in [0.15, 0.2) is 0 Å². The summed E-state index contributed by atoms with van der Waals surface area (Å²) < 4.78 is 0. The van der Waals surface area contributed by atoms with Crippen molar-refractivity contribution in [2.24, 2.45) is 0 Å². The zero-order chi connectivity index (χ0) is 19.2. The third-order valence-electron chi connectivity index (χ3n) is 4.14. The zero-order valence-corrected chi connectivity index (χ0v) is 15.2. The number of nitrogens with zero attached hydrogens (tertiary/aromatic N) is 3. The van der Waals surface area contributed by atoms with Crippen molar-refractivity contribution in [3.63, 3.8) is 0 Å². The predicted molar refractivity (Wildman–Crippen MR) is 105 cm³/mol. The Morgan fingerprint density at radius 1 is 1.15 bits per heavy atom. The molecule has 6 heteroatoms. The van der Waals surface area contributed by atoms with E-state index < -0.39 is 0 Å². The lowest BCUT2D eigenvalue weighted by Crippen LogP contribution is -2.14. The highest BCUT2D eigenvalue weighted by Crippen LogP contribution is 2.24. The normalized spacial score (nSPS) is 10.1. The van der Waals surface area contributed by atoms with Crippen LogP contribution in [0.4, 0.5) is 17.2 Å². The van der Waals surface area contributed by atoms with Crippen LogP contribution in [0.1, 0.15) is 34.1 Å². The van der Waals surface area contributed by atoms with Crippen LogP contribution in [0.25, 0.3) is 0 Å². The number of aryl methyl sites for hydroxylation is 2. The second kappa shape index (κ2) is 8.11. The second-order valence-electron chi connectivity index (χ2n) is 6.02. The fourth-order valence-electron chi connectivity index (χ4n) is 2.74. The molecular formula is C21H19N5O. The van der Waals surface area contributed by atoms with Crippen molar-refractivity contribution in [3.8, 4) is 6.07 Å². The Labute approximate surface area is 157 Å². The molecule has 0 saturated heterocycles. The van der Waals surface area contributed by atoms with Gasteiger partial charge in [-0.05, 0) is 42.7 Å². The van der Waals surface area contributed by atoms with Gasteiger partial charge in [-0.3, -0.25) is 4.79 Å². The van der Waals surface area contributed by atoms with Crippen LogP contribution in [-0.2, 0) is 6.42 Å². The fraction of sp³-hybridized carbons (Fsp3) is 0.143. The van der Waals surface area contributed by atoms with E-state index in [-0.39, 0.29) is 11.6 Å². The van der Waals surface area contributed by atoms with E-state index in [2.05, 4.69) is 33.6 Å². The molecule has 0 radical (unpaired) electrons. The van der Waals surface area contributed by atoms with Gasteiger partial charge in [0.05, 0.1) is 11.6 Å². The molecule has 6 nitrogen and oxygen atoms in total. The molecule has 1 heterocycles. The summed E-state index contributed by atoms with van der Waals surface area (Å²) in [4.78, 5) is 20.8. The average molecular weight is 357 g/mol. The first-order chi connectivity index (χ1) is 13.1. The van der Waals surface area contributed by atoms with Crippen LogP contribution in [0.15, 0.2) is 54.9 Å². The predicted octanol–water partition coefficient (Wildman–Crippen LogP) is 4.22. The molecule has 27 heavy (non-hydrogen) atoms. The monoisotopic (exact) mass is 357 g/mol. The minimum Gasteiger partial charge on any atom is -0.340 e. The molecule has 0 aliphatic rings. The van der Waals surface area contributed by atoms with E-state index in [0.717, 1.165) is 17.7 Å². The Balaban J connectivity index is 1.81. The smallest absolute Gasteiger partial charge is 0.274 e. The van der Waals surface area contributed by atoms with Gasteiger partial charge in [-0.15, -0.1) is 0 Å². The summed E-state index contributed by atoms with van der Waals surface area (Å²) in [5.41, 5.74) is 4.53. The van der Waals surface area contributed by atoms with E-state index >= 15 is 0 Å². The van der Waals surface area contributed by atoms with Gasteiger partial charge in [0.25, 0.3) is 5.91 Å². The quantitative estimate of drug-likeness (QED) is 0.713. The van der Waals surface area contributed by atoms with Gasteiger partial charge in [-0.25, -0.2) is 9.97 Å². The van der Waals surface area contributed by atoms with Gasteiger partial charge in [0.1, 0.15) is 17.8 Å². The highest BCUT2D eigenvalue weighted by atomic mass is 16.1. The molecule has 0 spiro atoms. The first kappa shape index (κ1) is 18.1. The van der Waals surface area contributed by atoms with Gasteiger partial charge in [-0.2, -0.15) is 5.26 Å². The van der Waals surface area contributed by atoms with E-state index in [9.17, 15) is 4.79 Å². The van der Waals surface area contributed by atoms with Crippen molar-refractivity contribution >= 4 is 23.1 Å². The molecule has 0 aliphatic carbocycles. The summed E-state index contributed by atoms with van der Waals surface area (Å²) in [7, 11) is 0. The lowest BCUT2D eigenvalue weighted by molar-refractivity contribution is 0.102. The van der Waals surface area contributed by atoms with Crippen LogP contribution in [0.2, 0.25) is 0 Å². The molecule has 3 aromatic rings. The Bertz CT molecular complexity index is 1020. The van der Waals surface area contributed by atoms with Crippen LogP contribution in [0.5, 0.6) is 0 Å². The molecule has 2 N–H and O–H groups in total. The molecule has 2 aromatic carbocycles. The summed E-state index contributed by atoms with van der Waals surface area (Å²) >= 11 is 0. The van der Waals surface area contributed by atoms with Gasteiger partial charge in [0, 0.05) is 17.4 Å². The lowest BCUT2D eigenvalue weighted by atomic mass is 10.1. The molecule has 0 bridgehead atoms. The third kappa shape index (κ3) is 4.28. The van der Waals surface area contributed by atoms with Crippen LogP contribution in [-0.4, -0.2) is 15.9 Å². The number of rotatable bonds is 5. The van der Waals surface area contributed by atoms with E-state index in [4.69, 9.17) is 5.26 Å². The maximum atomic E-state index is 12.5. The van der Waals surface area contributed by atoms with Crippen molar-refractivity contribution in [1.82, 2.24) is 9.97 Å². The third-order valence-corrected chi connectivity index (χ3v) is 4.14. The maximum Gasteiger partial charge on any atom is 0.274 e. The van der Waals surface area contributed by atoms with Crippen LogP contribution >= 0.6 is 0 Å². The number of benzene rings is 2. The minimum absolute atomic E-state index is 0.237. The Morgan fingerprint density at radius 2 is 1.96 bits per heavy atom. The van der Waals surface area contributed by atoms with Crippen molar-refractivity contribution < 1.29 is 4.79 Å². The second-order valence-corrected chi connectivity index (χ2v) is 6.02. The molecule has 0 aliphatic heterocycles. The molecular weight excluding hydrogens is 338 g/mol. The van der Waals surface area contributed by atoms with E-state index in [1.807, 2.05) is 25.1 Å². The first-order valence-corrected chi connectivity index (χ1v) is 8.59. The molecule has 0 saturated carbocycles. The number of aromatic nitrogens is 2. The van der Waals surface area contributed by atoms with E-state index in [1.54, 1.807) is 30.3 Å². The standard InChI is InChI=1S/C21H19N5O/c1-3-16-8-4-6-14(2)20(16)26-19-11-18(23-13-24-19)21(27)25-17-9-5-7-15(10-17)12-22/h4-11,13H,3H2,1-2H3,(H,25,27)(H,23,24,26). The summed E-state index contributed by atoms with van der Waals surface area (Å²) in [6, 6.07) is 16.5. The Morgan fingerprint density at radius 3 is 2.74 bits per heavy atom. The molecule has 0 fully saturated rings. The van der Waals surface area contributed by atoms with Gasteiger partial charge in [0.2, 0.25) is 0 Å². The lowest BCUT2D eigenvalue weighted by Gasteiger charge is -2.13. The summed E-state index contributed by atoms with van der Waals surface area (Å²) in [6.45, 7) is 4.12. The first-order valence-electron chi connectivity index (χ1n) is 8.59. The topological polar surface area (TPSA) is 90.7 Å². The van der Waals surface area contributed by atoms with Crippen LogP contribution in [0, 0.1) is 18.3 Å². The number of hydrogen-bond donors (Lipinski definition) is 2. The summed E-state index contributed by atoms with van der Waals surface area (Å²) in [6.07, 6.45) is 2.24. The molecule has 3 rings (SSSR count). The number of nitrogens with one attached hydrogen (secondary N) is 2. The Kier molecular flexibility index (Phi) is 5.43. The van der Waals surface area contributed by atoms with Crippen molar-refractivity contribution in [2.75, 3.05) is 10.6 Å². The fourth-order valence-corrected chi connectivity index (χ4v) is 2.74. The number of nitriles is 1. The van der Waals surface area contributed by atoms with Crippen molar-refractivity contribution in [2.45, 2.75) is 20.3 Å². The highest BCUT2D eigenvalue weighted by Gasteiger charge is 2.11. The largest absolute Gasteiger partial charge is 0.340 e. The maximum absolute atomic E-state index is 12.5. The van der Waals surface area contributed by atoms with Gasteiger partial charge >= 0.3 is 0 Å². The summed E-state index contributed by atoms with van der Waals surface area (Å²) in [5.74, 6) is 0.181. The minimum atomic E-state index is -0.365. The number of hydrogen-bond acceptors (Lipinski definition) is 5. The zero-order valence-electron chi connectivity index (χ0n) is 15.2. The number of para-hydroxylation sites is 1. The van der Waals surface area contributed by atoms with Gasteiger partial charge < -0.3 is 10.6 Å². The van der Waals surface area contributed by atoms with E-state index in [0.29, 0.717) is 17.1 Å². The van der Waals surface area contributed by atoms with Crippen molar-refractivity contribution in [1.29, 1.82) is 5.26 Å². The highest BCUT2D eigenvalue weighted by molar-refractivity contribution is 6.03. The van der Waals surface area contributed by atoms with E-state index in [1.165, 1.54) is 11.9 Å². The molecule has 1 aromatic heterocycles. The molecule has 0 atom stereocenters. The van der Waals surface area contributed by atoms with Gasteiger partial charge in [-0.1, -0.05) is 31.2 Å². The van der Waals surface area contributed by atoms with Crippen LogP contribution < -0.4 is 10.6 Å². The number of carbonyl (C=O) groups excluding carboxylic acids is 1. The molecule has 1 amide bonds.